The topological polar surface area (TPSA) is 145 Å². The van der Waals surface area contributed by atoms with Crippen LogP contribution in [0.3, 0.4) is 0 Å². The molecule has 2 fully saturated rings. The molecular weight excluding hydrogens is 506 g/mol. The average Bonchev–Trinajstić information content (AvgIpc) is 3.47. The second-order valence-corrected chi connectivity index (χ2v) is 12.3. The Morgan fingerprint density at radius 2 is 2.08 bits per heavy atom. The Kier molecular flexibility index (Phi) is 6.76. The smallest absolute Gasteiger partial charge is 0.268 e. The maximum Gasteiger partial charge on any atom is 0.268 e. The van der Waals surface area contributed by atoms with Gasteiger partial charge in [0.25, 0.3) is 15.9 Å². The standard InChI is InChI=1S/C26H33N7O4S.H2/c1-17(2)16-37-22-9-13-33(30-22)21-8-7-19(24(29-21)32-15-18(3)14-26(32)10-5-11-26)25(34)31-38(35,36)20-6-4-12-28-23(20)27;/h4,6-9,12-13,17-18H,5,10-11,14-16H2,1-3H3,(H2,27,28)(H,31,34);1H. The molecule has 1 spiro atoms. The zero-order chi connectivity index (χ0) is 27.1. The lowest BCUT2D eigenvalue weighted by Crippen LogP contribution is -2.50. The maximum atomic E-state index is 13.5. The summed E-state index contributed by atoms with van der Waals surface area (Å²) in [4.78, 5) is 24.1. The number of nitrogen functional groups attached to an aromatic ring is 1. The summed E-state index contributed by atoms with van der Waals surface area (Å²) in [6, 6.07) is 7.77. The van der Waals surface area contributed by atoms with Crippen LogP contribution in [0.4, 0.5) is 11.6 Å². The van der Waals surface area contributed by atoms with E-state index in [1.54, 1.807) is 29.1 Å². The Balaban J connectivity index is 0.00000353. The Morgan fingerprint density at radius 3 is 2.76 bits per heavy atom. The summed E-state index contributed by atoms with van der Waals surface area (Å²) in [5, 5.41) is 4.49. The largest absolute Gasteiger partial charge is 0.476 e. The van der Waals surface area contributed by atoms with Crippen molar-refractivity contribution in [3.05, 3.63) is 48.3 Å². The van der Waals surface area contributed by atoms with Gasteiger partial charge in [0.1, 0.15) is 16.5 Å². The number of pyridine rings is 2. The van der Waals surface area contributed by atoms with Crippen molar-refractivity contribution in [1.29, 1.82) is 0 Å². The fourth-order valence-corrected chi connectivity index (χ4v) is 6.32. The lowest BCUT2D eigenvalue weighted by atomic mass is 9.73. The van der Waals surface area contributed by atoms with Crippen LogP contribution in [0.1, 0.15) is 58.2 Å². The molecule has 0 aromatic carbocycles. The number of nitrogens with zero attached hydrogens (tertiary/aromatic N) is 5. The van der Waals surface area contributed by atoms with Gasteiger partial charge in [-0.2, -0.15) is 0 Å². The predicted octanol–water partition coefficient (Wildman–Crippen LogP) is 3.41. The van der Waals surface area contributed by atoms with Crippen molar-refractivity contribution >= 4 is 27.6 Å². The molecule has 38 heavy (non-hydrogen) atoms. The van der Waals surface area contributed by atoms with Gasteiger partial charge in [0.2, 0.25) is 5.88 Å². The lowest BCUT2D eigenvalue weighted by Gasteiger charge is -2.47. The molecule has 1 amide bonds. The second-order valence-electron chi connectivity index (χ2n) is 10.7. The summed E-state index contributed by atoms with van der Waals surface area (Å²) in [6.07, 6.45) is 7.25. The summed E-state index contributed by atoms with van der Waals surface area (Å²) in [6.45, 7) is 7.57. The van der Waals surface area contributed by atoms with E-state index in [4.69, 9.17) is 15.5 Å². The van der Waals surface area contributed by atoms with E-state index in [0.717, 1.165) is 32.2 Å². The van der Waals surface area contributed by atoms with Crippen molar-refractivity contribution < 1.29 is 19.4 Å². The fourth-order valence-electron chi connectivity index (χ4n) is 5.27. The van der Waals surface area contributed by atoms with Crippen LogP contribution in [-0.2, 0) is 10.0 Å². The van der Waals surface area contributed by atoms with Crippen LogP contribution in [0.25, 0.3) is 5.82 Å². The zero-order valence-corrected chi connectivity index (χ0v) is 22.6. The normalized spacial score (nSPS) is 18.5. The van der Waals surface area contributed by atoms with Crippen LogP contribution in [-0.4, -0.2) is 52.8 Å². The van der Waals surface area contributed by atoms with Crippen molar-refractivity contribution in [3.63, 3.8) is 0 Å². The van der Waals surface area contributed by atoms with E-state index in [9.17, 15) is 13.2 Å². The number of aromatic nitrogens is 4. The lowest BCUT2D eigenvalue weighted by molar-refractivity contribution is 0.0981. The third kappa shape index (κ3) is 4.92. The van der Waals surface area contributed by atoms with Gasteiger partial charge in [0, 0.05) is 32.0 Å². The van der Waals surface area contributed by atoms with Crippen molar-refractivity contribution in [2.45, 2.75) is 56.9 Å². The quantitative estimate of drug-likeness (QED) is 0.438. The van der Waals surface area contributed by atoms with E-state index in [0.29, 0.717) is 36.0 Å². The molecule has 0 bridgehead atoms. The summed E-state index contributed by atoms with van der Waals surface area (Å²) >= 11 is 0. The SMILES string of the molecule is CC(C)COc1ccn(-c2ccc(C(=O)NS(=O)(=O)c3cccnc3N)c(N3CC(C)CC34CCC4)n2)n1.[HH]. The number of nitrogens with two attached hydrogens (primary N) is 1. The molecule has 3 N–H and O–H groups in total. The van der Waals surface area contributed by atoms with Gasteiger partial charge >= 0.3 is 0 Å². The Hall–Kier alpha value is -3.67. The van der Waals surface area contributed by atoms with E-state index in [1.807, 2.05) is 0 Å². The minimum Gasteiger partial charge on any atom is -0.476 e. The zero-order valence-electron chi connectivity index (χ0n) is 21.8. The molecule has 1 aliphatic carbocycles. The number of carbonyl (C=O) groups is 1. The first-order chi connectivity index (χ1) is 18.1. The maximum absolute atomic E-state index is 13.5. The molecule has 0 radical (unpaired) electrons. The van der Waals surface area contributed by atoms with Gasteiger partial charge in [-0.1, -0.05) is 20.8 Å². The van der Waals surface area contributed by atoms with Crippen LogP contribution >= 0.6 is 0 Å². The van der Waals surface area contributed by atoms with Crippen molar-refractivity contribution in [2.24, 2.45) is 11.8 Å². The summed E-state index contributed by atoms with van der Waals surface area (Å²) in [5.41, 5.74) is 5.86. The molecule has 1 saturated heterocycles. The number of carbonyl (C=O) groups excluding carboxylic acids is 1. The van der Waals surface area contributed by atoms with Crippen LogP contribution in [0, 0.1) is 11.8 Å². The number of anilines is 2. The number of hydrogen-bond donors (Lipinski definition) is 2. The van der Waals surface area contributed by atoms with Gasteiger partial charge in [-0.25, -0.2) is 27.8 Å². The molecule has 1 unspecified atom stereocenters. The summed E-state index contributed by atoms with van der Waals surface area (Å²) in [7, 11) is -4.25. The molecular formula is C26H35N7O4S. The Morgan fingerprint density at radius 1 is 1.29 bits per heavy atom. The van der Waals surface area contributed by atoms with E-state index in [2.05, 4.69) is 40.5 Å². The van der Waals surface area contributed by atoms with Gasteiger partial charge in [0.05, 0.1) is 12.2 Å². The molecule has 5 rings (SSSR count). The third-order valence-electron chi connectivity index (χ3n) is 7.12. The second kappa shape index (κ2) is 9.90. The number of ether oxygens (including phenoxy) is 1. The molecule has 2 aliphatic rings. The molecule has 204 valence electrons. The number of amides is 1. The molecule has 1 saturated carbocycles. The molecule has 4 heterocycles. The summed E-state index contributed by atoms with van der Waals surface area (Å²) < 4.78 is 35.5. The number of rotatable bonds is 8. The van der Waals surface area contributed by atoms with E-state index in [-0.39, 0.29) is 23.2 Å². The average molecular weight is 542 g/mol. The van der Waals surface area contributed by atoms with E-state index < -0.39 is 15.9 Å². The van der Waals surface area contributed by atoms with Crippen molar-refractivity contribution in [1.82, 2.24) is 24.5 Å². The van der Waals surface area contributed by atoms with Gasteiger partial charge in [0.15, 0.2) is 5.82 Å². The van der Waals surface area contributed by atoms with Gasteiger partial charge in [-0.15, -0.1) is 5.10 Å². The minimum absolute atomic E-state index is 0. The summed E-state index contributed by atoms with van der Waals surface area (Å²) in [5.74, 6) is 1.24. The highest BCUT2D eigenvalue weighted by Crippen LogP contribution is 2.49. The number of hydrogen-bond acceptors (Lipinski definition) is 9. The van der Waals surface area contributed by atoms with Crippen molar-refractivity contribution in [2.75, 3.05) is 23.8 Å². The first-order valence-corrected chi connectivity index (χ1v) is 14.3. The highest BCUT2D eigenvalue weighted by Gasteiger charge is 2.49. The fraction of sp³-hybridized carbons (Fsp3) is 0.462. The highest BCUT2D eigenvalue weighted by molar-refractivity contribution is 7.90. The molecule has 1 aliphatic heterocycles. The van der Waals surface area contributed by atoms with Crippen LogP contribution in [0.2, 0.25) is 0 Å². The molecule has 3 aromatic heterocycles. The Labute approximate surface area is 223 Å². The Bertz CT molecular complexity index is 1460. The first kappa shape index (κ1) is 26.0. The highest BCUT2D eigenvalue weighted by atomic mass is 32.2. The number of sulfonamides is 1. The van der Waals surface area contributed by atoms with Gasteiger partial charge < -0.3 is 15.4 Å². The predicted molar refractivity (Wildman–Crippen MR) is 145 cm³/mol. The third-order valence-corrected chi connectivity index (χ3v) is 8.50. The minimum atomic E-state index is -4.25. The monoisotopic (exact) mass is 541 g/mol. The van der Waals surface area contributed by atoms with Gasteiger partial charge in [-0.05, 0) is 61.8 Å². The van der Waals surface area contributed by atoms with Crippen LogP contribution in [0.5, 0.6) is 5.88 Å². The van der Waals surface area contributed by atoms with Crippen molar-refractivity contribution in [3.8, 4) is 11.7 Å². The van der Waals surface area contributed by atoms with E-state index >= 15 is 0 Å². The molecule has 11 nitrogen and oxygen atoms in total. The molecule has 12 heteroatoms. The number of nitrogens with one attached hydrogen (secondary N) is 1. The first-order valence-electron chi connectivity index (χ1n) is 12.8. The molecule has 3 aromatic rings. The van der Waals surface area contributed by atoms with Crippen LogP contribution < -0.4 is 20.1 Å². The molecule has 1 atom stereocenters. The van der Waals surface area contributed by atoms with Gasteiger partial charge in [-0.3, -0.25) is 4.79 Å². The van der Waals surface area contributed by atoms with Crippen LogP contribution in [0.15, 0.2) is 47.6 Å². The van der Waals surface area contributed by atoms with E-state index in [1.165, 1.54) is 18.3 Å².